The molecule has 0 radical (unpaired) electrons. The number of halogens is 2. The highest BCUT2D eigenvalue weighted by Crippen LogP contribution is 2.26. The molecule has 0 amide bonds. The zero-order chi connectivity index (χ0) is 15.6. The van der Waals surface area contributed by atoms with Gasteiger partial charge in [-0.3, -0.25) is 0 Å². The molecule has 0 spiro atoms. The van der Waals surface area contributed by atoms with Gasteiger partial charge in [-0.1, -0.05) is 26.2 Å². The zero-order valence-corrected chi connectivity index (χ0v) is 12.7. The molecule has 1 aromatic rings. The van der Waals surface area contributed by atoms with E-state index in [1.165, 1.54) is 0 Å². The van der Waals surface area contributed by atoms with Crippen molar-refractivity contribution in [1.29, 1.82) is 0 Å². The van der Waals surface area contributed by atoms with Gasteiger partial charge < -0.3 is 5.73 Å². The number of nitrogens with two attached hydrogens (primary N) is 1. The summed E-state index contributed by atoms with van der Waals surface area (Å²) in [5.74, 6) is -2.19. The molecule has 1 fully saturated rings. The van der Waals surface area contributed by atoms with Gasteiger partial charge in [0.25, 0.3) is 0 Å². The van der Waals surface area contributed by atoms with Gasteiger partial charge in [0.2, 0.25) is 10.0 Å². The van der Waals surface area contributed by atoms with Crippen LogP contribution in [-0.4, -0.2) is 14.5 Å². The van der Waals surface area contributed by atoms with Gasteiger partial charge in [0.1, 0.15) is 11.6 Å². The van der Waals surface area contributed by atoms with Crippen molar-refractivity contribution in [2.24, 2.45) is 5.92 Å². The van der Waals surface area contributed by atoms with Gasteiger partial charge in [0.05, 0.1) is 0 Å². The number of hydrogen-bond donors (Lipinski definition) is 2. The van der Waals surface area contributed by atoms with Crippen LogP contribution in [0, 0.1) is 17.6 Å². The molecule has 1 aromatic carbocycles. The second-order valence-corrected chi connectivity index (χ2v) is 7.31. The number of sulfonamides is 1. The summed E-state index contributed by atoms with van der Waals surface area (Å²) in [6.45, 7) is 1.95. The van der Waals surface area contributed by atoms with Gasteiger partial charge >= 0.3 is 0 Å². The van der Waals surface area contributed by atoms with Crippen molar-refractivity contribution in [3.8, 4) is 0 Å². The van der Waals surface area contributed by atoms with Crippen LogP contribution in [0.15, 0.2) is 17.0 Å². The first kappa shape index (κ1) is 16.2. The standard InChI is InChI=1S/C14H20F2N2O2S/c1-9-5-3-2-4-6-13(9)18-21(19,20)14-11(15)7-10(17)8-12(14)16/h7-9,13,18H,2-6,17H2,1H3. The molecule has 1 aliphatic rings. The second-order valence-electron chi connectivity index (χ2n) is 5.66. The van der Waals surface area contributed by atoms with Crippen LogP contribution in [0.3, 0.4) is 0 Å². The van der Waals surface area contributed by atoms with E-state index in [0.717, 1.165) is 37.8 Å². The first-order chi connectivity index (χ1) is 9.81. The van der Waals surface area contributed by atoms with E-state index >= 15 is 0 Å². The lowest BCUT2D eigenvalue weighted by Crippen LogP contribution is -2.39. The van der Waals surface area contributed by atoms with Crippen LogP contribution in [0.4, 0.5) is 14.5 Å². The normalized spacial score (nSPS) is 23.8. The van der Waals surface area contributed by atoms with E-state index in [4.69, 9.17) is 5.73 Å². The van der Waals surface area contributed by atoms with Crippen LogP contribution in [0.2, 0.25) is 0 Å². The molecular formula is C14H20F2N2O2S. The van der Waals surface area contributed by atoms with E-state index in [-0.39, 0.29) is 17.6 Å². The van der Waals surface area contributed by atoms with Crippen molar-refractivity contribution in [2.45, 2.75) is 50.0 Å². The topological polar surface area (TPSA) is 72.2 Å². The zero-order valence-electron chi connectivity index (χ0n) is 11.9. The Morgan fingerprint density at radius 3 is 2.33 bits per heavy atom. The lowest BCUT2D eigenvalue weighted by Gasteiger charge is -2.23. The number of nitrogen functional groups attached to an aromatic ring is 1. The van der Waals surface area contributed by atoms with Crippen LogP contribution in [0.1, 0.15) is 39.0 Å². The van der Waals surface area contributed by atoms with Crippen LogP contribution >= 0.6 is 0 Å². The van der Waals surface area contributed by atoms with Gasteiger partial charge in [-0.15, -0.1) is 0 Å². The summed E-state index contributed by atoms with van der Waals surface area (Å²) in [6.07, 6.45) is 4.58. The van der Waals surface area contributed by atoms with Crippen molar-refractivity contribution in [3.63, 3.8) is 0 Å². The Morgan fingerprint density at radius 1 is 1.14 bits per heavy atom. The Hall–Kier alpha value is -1.21. The fourth-order valence-electron chi connectivity index (χ4n) is 2.76. The number of nitrogens with one attached hydrogen (secondary N) is 1. The average Bonchev–Trinajstić information content (AvgIpc) is 2.52. The Labute approximate surface area is 123 Å². The van der Waals surface area contributed by atoms with Gasteiger partial charge in [-0.25, -0.2) is 21.9 Å². The van der Waals surface area contributed by atoms with E-state index < -0.39 is 26.6 Å². The molecule has 2 rings (SSSR count). The quantitative estimate of drug-likeness (QED) is 0.665. The molecule has 4 nitrogen and oxygen atoms in total. The predicted octanol–water partition coefficient (Wildman–Crippen LogP) is 2.79. The van der Waals surface area contributed by atoms with Crippen LogP contribution in [-0.2, 0) is 10.0 Å². The highest BCUT2D eigenvalue weighted by atomic mass is 32.2. The fraction of sp³-hybridized carbons (Fsp3) is 0.571. The SMILES string of the molecule is CC1CCCCCC1NS(=O)(=O)c1c(F)cc(N)cc1F. The fourth-order valence-corrected chi connectivity index (χ4v) is 4.26. The Kier molecular flexibility index (Phi) is 4.83. The molecular weight excluding hydrogens is 298 g/mol. The Morgan fingerprint density at radius 2 is 1.71 bits per heavy atom. The summed E-state index contributed by atoms with van der Waals surface area (Å²) in [5, 5.41) is 0. The summed E-state index contributed by atoms with van der Waals surface area (Å²) < 4.78 is 54.6. The summed E-state index contributed by atoms with van der Waals surface area (Å²) in [7, 11) is -4.24. The largest absolute Gasteiger partial charge is 0.399 e. The maximum atomic E-state index is 13.8. The van der Waals surface area contributed by atoms with Crippen molar-refractivity contribution >= 4 is 15.7 Å². The summed E-state index contributed by atoms with van der Waals surface area (Å²) in [5.41, 5.74) is 5.16. The van der Waals surface area contributed by atoms with Crippen LogP contribution < -0.4 is 10.5 Å². The van der Waals surface area contributed by atoms with Crippen molar-refractivity contribution in [1.82, 2.24) is 4.72 Å². The van der Waals surface area contributed by atoms with Gasteiger partial charge in [-0.2, -0.15) is 0 Å². The molecule has 0 saturated heterocycles. The molecule has 0 aromatic heterocycles. The highest BCUT2D eigenvalue weighted by Gasteiger charge is 2.30. The number of rotatable bonds is 3. The van der Waals surface area contributed by atoms with Crippen molar-refractivity contribution in [3.05, 3.63) is 23.8 Å². The molecule has 0 aliphatic heterocycles. The monoisotopic (exact) mass is 318 g/mol. The molecule has 0 bridgehead atoms. The molecule has 7 heteroatoms. The maximum absolute atomic E-state index is 13.8. The molecule has 3 N–H and O–H groups in total. The second kappa shape index (κ2) is 6.27. The molecule has 21 heavy (non-hydrogen) atoms. The summed E-state index contributed by atoms with van der Waals surface area (Å²) in [6, 6.07) is 1.33. The number of anilines is 1. The van der Waals surface area contributed by atoms with Crippen LogP contribution in [0.25, 0.3) is 0 Å². The van der Waals surface area contributed by atoms with E-state index in [9.17, 15) is 17.2 Å². The van der Waals surface area contributed by atoms with E-state index in [0.29, 0.717) is 6.42 Å². The molecule has 2 unspecified atom stereocenters. The lowest BCUT2D eigenvalue weighted by molar-refractivity contribution is 0.397. The van der Waals surface area contributed by atoms with Gasteiger partial charge in [0, 0.05) is 11.7 Å². The molecule has 0 heterocycles. The third-order valence-electron chi connectivity index (χ3n) is 3.96. The van der Waals surface area contributed by atoms with Gasteiger partial charge in [-0.05, 0) is 30.9 Å². The molecule has 2 atom stereocenters. The van der Waals surface area contributed by atoms with Gasteiger partial charge in [0.15, 0.2) is 4.90 Å². The summed E-state index contributed by atoms with van der Waals surface area (Å²) in [4.78, 5) is -0.951. The van der Waals surface area contributed by atoms with E-state index in [1.54, 1.807) is 0 Å². The highest BCUT2D eigenvalue weighted by molar-refractivity contribution is 7.89. The minimum absolute atomic E-state index is 0.141. The first-order valence-electron chi connectivity index (χ1n) is 7.08. The minimum Gasteiger partial charge on any atom is -0.399 e. The number of hydrogen-bond acceptors (Lipinski definition) is 3. The van der Waals surface area contributed by atoms with Crippen molar-refractivity contribution in [2.75, 3.05) is 5.73 Å². The molecule has 118 valence electrons. The Bertz CT molecular complexity index is 596. The Balaban J connectivity index is 2.30. The third kappa shape index (κ3) is 3.71. The first-order valence-corrected chi connectivity index (χ1v) is 8.56. The van der Waals surface area contributed by atoms with E-state index in [2.05, 4.69) is 4.72 Å². The minimum atomic E-state index is -4.24. The smallest absolute Gasteiger partial charge is 0.246 e. The predicted molar refractivity (Wildman–Crippen MR) is 77.1 cm³/mol. The van der Waals surface area contributed by atoms with E-state index in [1.807, 2.05) is 6.92 Å². The van der Waals surface area contributed by atoms with Crippen molar-refractivity contribution < 1.29 is 17.2 Å². The third-order valence-corrected chi connectivity index (χ3v) is 5.50. The molecule has 1 aliphatic carbocycles. The maximum Gasteiger partial charge on any atom is 0.246 e. The lowest BCUT2D eigenvalue weighted by atomic mass is 9.98. The molecule has 1 saturated carbocycles. The summed E-state index contributed by atoms with van der Waals surface area (Å²) >= 11 is 0. The number of benzene rings is 1. The van der Waals surface area contributed by atoms with Crippen LogP contribution in [0.5, 0.6) is 0 Å². The average molecular weight is 318 g/mol.